The van der Waals surface area contributed by atoms with Gasteiger partial charge in [0.25, 0.3) is 0 Å². The number of hydrogen-bond acceptors (Lipinski definition) is 2. The second kappa shape index (κ2) is 5.47. The SMILES string of the molecule is O=C(Cc1cc(Cl)c(Cl)c(Cl)c1)OC1CCC1. The van der Waals surface area contributed by atoms with Crippen molar-refractivity contribution in [3.05, 3.63) is 32.8 Å². The molecule has 0 heterocycles. The fraction of sp³-hybridized carbons (Fsp3) is 0.417. The van der Waals surface area contributed by atoms with Crippen molar-refractivity contribution in [3.63, 3.8) is 0 Å². The van der Waals surface area contributed by atoms with Gasteiger partial charge >= 0.3 is 5.97 Å². The van der Waals surface area contributed by atoms with E-state index in [2.05, 4.69) is 0 Å². The minimum Gasteiger partial charge on any atom is -0.462 e. The summed E-state index contributed by atoms with van der Waals surface area (Å²) in [6, 6.07) is 3.27. The van der Waals surface area contributed by atoms with Gasteiger partial charge in [0, 0.05) is 0 Å². The third-order valence-corrected chi connectivity index (χ3v) is 3.94. The molecule has 17 heavy (non-hydrogen) atoms. The molecule has 0 atom stereocenters. The third-order valence-electron chi connectivity index (χ3n) is 2.74. The van der Waals surface area contributed by atoms with Gasteiger partial charge in [-0.1, -0.05) is 34.8 Å². The van der Waals surface area contributed by atoms with E-state index in [1.54, 1.807) is 12.1 Å². The van der Waals surface area contributed by atoms with Gasteiger partial charge in [-0.2, -0.15) is 0 Å². The van der Waals surface area contributed by atoms with Crippen LogP contribution in [0.5, 0.6) is 0 Å². The number of hydrogen-bond donors (Lipinski definition) is 0. The van der Waals surface area contributed by atoms with E-state index in [9.17, 15) is 4.79 Å². The number of halogens is 3. The van der Waals surface area contributed by atoms with Crippen LogP contribution >= 0.6 is 34.8 Å². The molecule has 5 heteroatoms. The lowest BCUT2D eigenvalue weighted by atomic mass is 9.96. The summed E-state index contributed by atoms with van der Waals surface area (Å²) in [6.45, 7) is 0. The molecule has 1 aromatic carbocycles. The van der Waals surface area contributed by atoms with Crippen molar-refractivity contribution in [3.8, 4) is 0 Å². The summed E-state index contributed by atoms with van der Waals surface area (Å²) < 4.78 is 5.24. The Kier molecular flexibility index (Phi) is 4.18. The molecule has 92 valence electrons. The van der Waals surface area contributed by atoms with Gasteiger partial charge in [-0.25, -0.2) is 0 Å². The lowest BCUT2D eigenvalue weighted by Gasteiger charge is -2.25. The molecule has 0 radical (unpaired) electrons. The van der Waals surface area contributed by atoms with Crippen LogP contribution in [0.2, 0.25) is 15.1 Å². The second-order valence-corrected chi connectivity index (χ2v) is 5.29. The molecule has 0 amide bonds. The smallest absolute Gasteiger partial charge is 0.310 e. The Labute approximate surface area is 115 Å². The number of esters is 1. The normalized spacial score (nSPS) is 15.5. The summed E-state index contributed by atoms with van der Waals surface area (Å²) in [5.41, 5.74) is 0.716. The maximum absolute atomic E-state index is 11.6. The van der Waals surface area contributed by atoms with Crippen LogP contribution in [-0.2, 0) is 16.0 Å². The summed E-state index contributed by atoms with van der Waals surface area (Å²) in [5.74, 6) is -0.246. The quantitative estimate of drug-likeness (QED) is 0.614. The Morgan fingerprint density at radius 3 is 2.29 bits per heavy atom. The minimum atomic E-state index is -0.246. The maximum Gasteiger partial charge on any atom is 0.310 e. The summed E-state index contributed by atoms with van der Waals surface area (Å²) >= 11 is 17.6. The van der Waals surface area contributed by atoms with Crippen molar-refractivity contribution in [2.75, 3.05) is 0 Å². The van der Waals surface area contributed by atoms with E-state index < -0.39 is 0 Å². The van der Waals surface area contributed by atoms with Crippen molar-refractivity contribution in [1.29, 1.82) is 0 Å². The molecular formula is C12H11Cl3O2. The van der Waals surface area contributed by atoms with Crippen molar-refractivity contribution in [2.45, 2.75) is 31.8 Å². The monoisotopic (exact) mass is 292 g/mol. The molecule has 0 bridgehead atoms. The minimum absolute atomic E-state index is 0.0979. The van der Waals surface area contributed by atoms with E-state index in [0.29, 0.717) is 20.6 Å². The van der Waals surface area contributed by atoms with Crippen LogP contribution in [0.3, 0.4) is 0 Å². The van der Waals surface area contributed by atoms with Crippen molar-refractivity contribution >= 4 is 40.8 Å². The molecule has 2 rings (SSSR count). The standard InChI is InChI=1S/C12H11Cl3O2/c13-9-4-7(5-10(14)12(9)15)6-11(16)17-8-2-1-3-8/h4-5,8H,1-3,6H2. The summed E-state index contributed by atoms with van der Waals surface area (Å²) in [7, 11) is 0. The van der Waals surface area contributed by atoms with Crippen LogP contribution in [0.25, 0.3) is 0 Å². The van der Waals surface area contributed by atoms with Crippen molar-refractivity contribution in [1.82, 2.24) is 0 Å². The summed E-state index contributed by atoms with van der Waals surface area (Å²) in [6.07, 6.45) is 3.34. The molecule has 0 unspecified atom stereocenters. The van der Waals surface area contributed by atoms with Crippen LogP contribution in [-0.4, -0.2) is 12.1 Å². The van der Waals surface area contributed by atoms with Gasteiger partial charge in [0.1, 0.15) is 6.10 Å². The van der Waals surface area contributed by atoms with Gasteiger partial charge < -0.3 is 4.74 Å². The Morgan fingerprint density at radius 2 is 1.82 bits per heavy atom. The molecule has 0 saturated heterocycles. The van der Waals surface area contributed by atoms with Gasteiger partial charge in [-0.15, -0.1) is 0 Å². The molecule has 1 aliphatic rings. The second-order valence-electron chi connectivity index (χ2n) is 4.09. The first-order chi connectivity index (χ1) is 8.06. The molecule has 1 saturated carbocycles. The first-order valence-corrected chi connectivity index (χ1v) is 6.52. The first kappa shape index (κ1) is 13.0. The average molecular weight is 294 g/mol. The van der Waals surface area contributed by atoms with Crippen molar-refractivity contribution < 1.29 is 9.53 Å². The lowest BCUT2D eigenvalue weighted by Crippen LogP contribution is -2.25. The van der Waals surface area contributed by atoms with Crippen LogP contribution in [0.15, 0.2) is 12.1 Å². The fourth-order valence-corrected chi connectivity index (χ4v) is 2.23. The van der Waals surface area contributed by atoms with E-state index in [0.717, 1.165) is 19.3 Å². The third kappa shape index (κ3) is 3.27. The van der Waals surface area contributed by atoms with E-state index in [1.807, 2.05) is 0 Å². The molecule has 1 aromatic rings. The van der Waals surface area contributed by atoms with Crippen LogP contribution in [0, 0.1) is 0 Å². The van der Waals surface area contributed by atoms with Gasteiger partial charge in [-0.3, -0.25) is 4.79 Å². The molecule has 1 aliphatic carbocycles. The van der Waals surface area contributed by atoms with Gasteiger partial charge in [0.15, 0.2) is 0 Å². The van der Waals surface area contributed by atoms with E-state index >= 15 is 0 Å². The predicted octanol–water partition coefficient (Wildman–Crippen LogP) is 4.29. The highest BCUT2D eigenvalue weighted by molar-refractivity contribution is 6.48. The Morgan fingerprint density at radius 1 is 1.24 bits per heavy atom. The highest BCUT2D eigenvalue weighted by atomic mass is 35.5. The molecule has 0 N–H and O–H groups in total. The summed E-state index contributed by atoms with van der Waals surface area (Å²) in [4.78, 5) is 11.6. The first-order valence-electron chi connectivity index (χ1n) is 5.39. The number of carbonyl (C=O) groups is 1. The Bertz CT molecular complexity index is 418. The number of rotatable bonds is 3. The van der Waals surface area contributed by atoms with E-state index in [4.69, 9.17) is 39.5 Å². The van der Waals surface area contributed by atoms with E-state index in [-0.39, 0.29) is 18.5 Å². The highest BCUT2D eigenvalue weighted by Gasteiger charge is 2.21. The molecular weight excluding hydrogens is 282 g/mol. The fourth-order valence-electron chi connectivity index (χ4n) is 1.59. The topological polar surface area (TPSA) is 26.3 Å². The molecule has 0 spiro atoms. The maximum atomic E-state index is 11.6. The van der Waals surface area contributed by atoms with E-state index in [1.165, 1.54) is 0 Å². The van der Waals surface area contributed by atoms with Gasteiger partial charge in [0.2, 0.25) is 0 Å². The largest absolute Gasteiger partial charge is 0.462 e. The van der Waals surface area contributed by atoms with Crippen molar-refractivity contribution in [2.24, 2.45) is 0 Å². The van der Waals surface area contributed by atoms with Gasteiger partial charge in [0.05, 0.1) is 21.5 Å². The molecule has 0 aromatic heterocycles. The predicted molar refractivity (Wildman–Crippen MR) is 68.9 cm³/mol. The van der Waals surface area contributed by atoms with Crippen LogP contribution < -0.4 is 0 Å². The summed E-state index contributed by atoms with van der Waals surface area (Å²) in [5, 5.41) is 1.01. The zero-order chi connectivity index (χ0) is 12.4. The van der Waals surface area contributed by atoms with Gasteiger partial charge in [-0.05, 0) is 37.0 Å². The zero-order valence-electron chi connectivity index (χ0n) is 9.01. The number of benzene rings is 1. The zero-order valence-corrected chi connectivity index (χ0v) is 11.3. The lowest BCUT2D eigenvalue weighted by molar-refractivity contribution is -0.152. The number of ether oxygens (including phenoxy) is 1. The molecule has 0 aliphatic heterocycles. The highest BCUT2D eigenvalue weighted by Crippen LogP contribution is 2.31. The van der Waals surface area contributed by atoms with Crippen LogP contribution in [0.4, 0.5) is 0 Å². The molecule has 2 nitrogen and oxygen atoms in total. The molecule has 1 fully saturated rings. The van der Waals surface area contributed by atoms with Crippen LogP contribution in [0.1, 0.15) is 24.8 Å². The average Bonchev–Trinajstić information content (AvgIpc) is 2.20. The Balaban J connectivity index is 2.00. The Hall–Kier alpha value is -0.440. The number of carbonyl (C=O) groups excluding carboxylic acids is 1.